The highest BCUT2D eigenvalue weighted by molar-refractivity contribution is 5.99. The first kappa shape index (κ1) is 19.9. The third kappa shape index (κ3) is 3.33. The number of fused-ring (bicyclic) bond motifs is 2. The van der Waals surface area contributed by atoms with E-state index in [0.29, 0.717) is 18.8 Å². The molecule has 2 atom stereocenters. The summed E-state index contributed by atoms with van der Waals surface area (Å²) in [5, 5.41) is 11.7. The number of carbonyl (C=O) groups excluding carboxylic acids is 1. The van der Waals surface area contributed by atoms with Gasteiger partial charge in [0, 0.05) is 54.9 Å². The molecule has 160 valence electrons. The van der Waals surface area contributed by atoms with Gasteiger partial charge in [0.1, 0.15) is 5.75 Å². The second-order valence-electron chi connectivity index (χ2n) is 8.56. The Hall–Kier alpha value is -3.05. The van der Waals surface area contributed by atoms with Crippen molar-refractivity contribution >= 4 is 22.4 Å². The normalized spacial score (nSPS) is 20.4. The number of amides is 1. The molecule has 2 aromatic carbocycles. The number of para-hydroxylation sites is 1. The molecule has 0 radical (unpaired) electrons. The molecule has 31 heavy (non-hydrogen) atoms. The van der Waals surface area contributed by atoms with Crippen LogP contribution in [0.3, 0.4) is 0 Å². The van der Waals surface area contributed by atoms with E-state index in [9.17, 15) is 9.90 Å². The summed E-state index contributed by atoms with van der Waals surface area (Å²) in [5.74, 6) is 0.309. The molecule has 0 saturated heterocycles. The zero-order valence-electron chi connectivity index (χ0n) is 18.1. The standard InChI is InChI=1S/C26H29N3O2/c1-3-28(4-2)26(31)19-12-21-20-9-7-10-22-25(20)18(14-27-22)13-23(21)29(16-19)15-17-8-5-6-11-24(17)30/h5-12,14,19,23,27,30H,3-4,13,15-16H2,1-2H3/t19-,23?/m1/s1. The molecule has 0 bridgehead atoms. The number of nitrogens with zero attached hydrogens (tertiary/aromatic N) is 2. The van der Waals surface area contributed by atoms with Gasteiger partial charge in [-0.15, -0.1) is 0 Å². The topological polar surface area (TPSA) is 59.6 Å². The van der Waals surface area contributed by atoms with Crippen LogP contribution in [0.4, 0.5) is 0 Å². The van der Waals surface area contributed by atoms with Crippen molar-refractivity contribution in [1.82, 2.24) is 14.8 Å². The number of benzene rings is 2. The molecule has 2 heterocycles. The van der Waals surface area contributed by atoms with E-state index in [-0.39, 0.29) is 17.9 Å². The van der Waals surface area contributed by atoms with Crippen LogP contribution in [-0.2, 0) is 17.8 Å². The van der Waals surface area contributed by atoms with Crippen molar-refractivity contribution in [2.24, 2.45) is 5.92 Å². The maximum Gasteiger partial charge on any atom is 0.230 e. The van der Waals surface area contributed by atoms with Gasteiger partial charge in [0.15, 0.2) is 0 Å². The number of hydrogen-bond acceptors (Lipinski definition) is 3. The Bertz CT molecular complexity index is 1160. The lowest BCUT2D eigenvalue weighted by Crippen LogP contribution is -2.48. The summed E-state index contributed by atoms with van der Waals surface area (Å²) >= 11 is 0. The van der Waals surface area contributed by atoms with Crippen molar-refractivity contribution < 1.29 is 9.90 Å². The lowest BCUT2D eigenvalue weighted by Gasteiger charge is -2.42. The minimum Gasteiger partial charge on any atom is -0.508 e. The Morgan fingerprint density at radius 1 is 1.16 bits per heavy atom. The molecule has 0 fully saturated rings. The predicted octanol–water partition coefficient (Wildman–Crippen LogP) is 4.18. The Kier molecular flexibility index (Phi) is 5.06. The van der Waals surface area contributed by atoms with Crippen LogP contribution in [0.5, 0.6) is 5.75 Å². The molecule has 0 spiro atoms. The van der Waals surface area contributed by atoms with Gasteiger partial charge in [-0.05, 0) is 49.1 Å². The number of phenols is 1. The minimum atomic E-state index is -0.187. The highest BCUT2D eigenvalue weighted by Gasteiger charge is 2.38. The average Bonchev–Trinajstić information content (AvgIpc) is 3.21. The first-order valence-corrected chi connectivity index (χ1v) is 11.2. The molecule has 3 aromatic rings. The van der Waals surface area contributed by atoms with Gasteiger partial charge in [0.2, 0.25) is 5.91 Å². The smallest absolute Gasteiger partial charge is 0.230 e. The molecular weight excluding hydrogens is 386 g/mol. The Balaban J connectivity index is 1.59. The lowest BCUT2D eigenvalue weighted by molar-refractivity contribution is -0.134. The van der Waals surface area contributed by atoms with Crippen molar-refractivity contribution in [3.05, 3.63) is 71.4 Å². The molecule has 2 N–H and O–H groups in total. The number of phenolic OH excluding ortho intramolecular Hbond substituents is 1. The fourth-order valence-corrected chi connectivity index (χ4v) is 5.29. The molecule has 5 rings (SSSR count). The molecule has 1 amide bonds. The van der Waals surface area contributed by atoms with Gasteiger partial charge in [-0.1, -0.05) is 36.4 Å². The number of aromatic amines is 1. The summed E-state index contributed by atoms with van der Waals surface area (Å²) in [7, 11) is 0. The number of carbonyl (C=O) groups is 1. The molecule has 5 heteroatoms. The molecule has 2 aliphatic rings. The van der Waals surface area contributed by atoms with Crippen LogP contribution in [0.15, 0.2) is 54.7 Å². The fourth-order valence-electron chi connectivity index (χ4n) is 5.29. The van der Waals surface area contributed by atoms with Crippen LogP contribution < -0.4 is 0 Å². The van der Waals surface area contributed by atoms with E-state index >= 15 is 0 Å². The van der Waals surface area contributed by atoms with Gasteiger partial charge in [0.05, 0.1) is 5.92 Å². The molecule has 1 aromatic heterocycles. The quantitative estimate of drug-likeness (QED) is 0.657. The number of rotatable bonds is 5. The number of nitrogens with one attached hydrogen (secondary N) is 1. The SMILES string of the molecule is CCN(CC)C(=O)[C@@H]1C=C2c3cccc4[nH]cc(c34)CC2N(Cc2ccccc2O)C1. The fraction of sp³-hybridized carbons (Fsp3) is 0.346. The summed E-state index contributed by atoms with van der Waals surface area (Å²) in [5.41, 5.74) is 5.84. The number of H-pyrrole nitrogens is 1. The van der Waals surface area contributed by atoms with Gasteiger partial charge in [-0.25, -0.2) is 0 Å². The van der Waals surface area contributed by atoms with Crippen LogP contribution in [-0.4, -0.2) is 51.5 Å². The van der Waals surface area contributed by atoms with Crippen molar-refractivity contribution in [3.63, 3.8) is 0 Å². The van der Waals surface area contributed by atoms with Crippen molar-refractivity contribution in [3.8, 4) is 5.75 Å². The second kappa shape index (κ2) is 7.89. The van der Waals surface area contributed by atoms with E-state index in [1.54, 1.807) is 6.07 Å². The largest absolute Gasteiger partial charge is 0.508 e. The summed E-state index contributed by atoms with van der Waals surface area (Å²) in [6, 6.07) is 14.1. The van der Waals surface area contributed by atoms with E-state index in [0.717, 1.165) is 30.6 Å². The van der Waals surface area contributed by atoms with Crippen molar-refractivity contribution in [1.29, 1.82) is 0 Å². The Morgan fingerprint density at radius 2 is 1.97 bits per heavy atom. The molecule has 1 aliphatic carbocycles. The molecule has 0 saturated carbocycles. The van der Waals surface area contributed by atoms with Gasteiger partial charge < -0.3 is 15.0 Å². The van der Waals surface area contributed by atoms with Crippen molar-refractivity contribution in [2.45, 2.75) is 32.9 Å². The number of hydrogen-bond donors (Lipinski definition) is 2. The lowest BCUT2D eigenvalue weighted by atomic mass is 9.79. The third-order valence-corrected chi connectivity index (χ3v) is 6.88. The molecule has 1 unspecified atom stereocenters. The summed E-state index contributed by atoms with van der Waals surface area (Å²) < 4.78 is 0. The monoisotopic (exact) mass is 415 g/mol. The molecule has 1 aliphatic heterocycles. The van der Waals surface area contributed by atoms with E-state index in [1.807, 2.05) is 36.9 Å². The average molecular weight is 416 g/mol. The van der Waals surface area contributed by atoms with Crippen LogP contribution >= 0.6 is 0 Å². The number of aromatic nitrogens is 1. The van der Waals surface area contributed by atoms with E-state index in [2.05, 4.69) is 40.4 Å². The molecule has 5 nitrogen and oxygen atoms in total. The molecular formula is C26H29N3O2. The van der Waals surface area contributed by atoms with Gasteiger partial charge in [-0.2, -0.15) is 0 Å². The Morgan fingerprint density at radius 3 is 2.74 bits per heavy atom. The Labute approximate surface area is 183 Å². The van der Waals surface area contributed by atoms with Gasteiger partial charge in [0.25, 0.3) is 0 Å². The van der Waals surface area contributed by atoms with E-state index in [1.165, 1.54) is 22.1 Å². The highest BCUT2D eigenvalue weighted by atomic mass is 16.3. The minimum absolute atomic E-state index is 0.185. The second-order valence-corrected chi connectivity index (χ2v) is 8.56. The first-order chi connectivity index (χ1) is 15.1. The van der Waals surface area contributed by atoms with Crippen LogP contribution in [0, 0.1) is 5.92 Å². The number of aromatic hydroxyl groups is 1. The first-order valence-electron chi connectivity index (χ1n) is 11.2. The summed E-state index contributed by atoms with van der Waals surface area (Å²) in [6.07, 6.45) is 5.25. The van der Waals surface area contributed by atoms with E-state index in [4.69, 9.17) is 0 Å². The van der Waals surface area contributed by atoms with Crippen LogP contribution in [0.25, 0.3) is 16.5 Å². The highest BCUT2D eigenvalue weighted by Crippen LogP contribution is 2.42. The zero-order valence-corrected chi connectivity index (χ0v) is 18.1. The van der Waals surface area contributed by atoms with Crippen molar-refractivity contribution in [2.75, 3.05) is 19.6 Å². The maximum absolute atomic E-state index is 13.3. The van der Waals surface area contributed by atoms with Gasteiger partial charge in [-0.3, -0.25) is 9.69 Å². The zero-order chi connectivity index (χ0) is 21.5. The predicted molar refractivity (Wildman–Crippen MR) is 124 cm³/mol. The van der Waals surface area contributed by atoms with Gasteiger partial charge >= 0.3 is 0 Å². The van der Waals surface area contributed by atoms with Crippen LogP contribution in [0.1, 0.15) is 30.5 Å². The third-order valence-electron chi connectivity index (χ3n) is 6.88. The summed E-state index contributed by atoms with van der Waals surface area (Å²) in [6.45, 7) is 6.78. The van der Waals surface area contributed by atoms with E-state index < -0.39 is 0 Å². The maximum atomic E-state index is 13.3. The van der Waals surface area contributed by atoms with Crippen LogP contribution in [0.2, 0.25) is 0 Å². The summed E-state index contributed by atoms with van der Waals surface area (Å²) in [4.78, 5) is 21.1.